The van der Waals surface area contributed by atoms with Gasteiger partial charge in [-0.1, -0.05) is 23.8 Å². The molecule has 1 aromatic carbocycles. The van der Waals surface area contributed by atoms with Gasteiger partial charge in [0.05, 0.1) is 17.4 Å². The van der Waals surface area contributed by atoms with E-state index in [9.17, 15) is 18.0 Å². The number of piperidine rings is 1. The molecule has 0 radical (unpaired) electrons. The Morgan fingerprint density at radius 1 is 1.03 bits per heavy atom. The monoisotopic (exact) mass is 499 g/mol. The maximum atomic E-state index is 13.0. The zero-order chi connectivity index (χ0) is 25.0. The zero-order valence-corrected chi connectivity index (χ0v) is 21.1. The SMILES string of the molecule is Cc1ccc(S(=O)(=O)N2CCN(CC(=O)N3CCCC(C(=O)Nc4ncccc4C)C3)CC2)cc1. The first-order valence-electron chi connectivity index (χ1n) is 12.0. The number of rotatable bonds is 6. The third-order valence-corrected chi connectivity index (χ3v) is 8.66. The number of anilines is 1. The predicted octanol–water partition coefficient (Wildman–Crippen LogP) is 1.88. The fourth-order valence-electron chi connectivity index (χ4n) is 4.53. The van der Waals surface area contributed by atoms with Crippen molar-refractivity contribution in [2.75, 3.05) is 51.1 Å². The van der Waals surface area contributed by atoms with Crippen molar-refractivity contribution >= 4 is 27.7 Å². The zero-order valence-electron chi connectivity index (χ0n) is 20.3. The predicted molar refractivity (Wildman–Crippen MR) is 133 cm³/mol. The van der Waals surface area contributed by atoms with Crippen LogP contribution in [0.4, 0.5) is 5.82 Å². The van der Waals surface area contributed by atoms with Crippen molar-refractivity contribution in [2.24, 2.45) is 5.92 Å². The molecular weight excluding hydrogens is 466 g/mol. The van der Waals surface area contributed by atoms with Crippen LogP contribution >= 0.6 is 0 Å². The fraction of sp³-hybridized carbons (Fsp3) is 0.480. The van der Waals surface area contributed by atoms with Crippen LogP contribution in [0.5, 0.6) is 0 Å². The number of sulfonamides is 1. The number of pyridine rings is 1. The minimum absolute atomic E-state index is 0.0219. The normalized spacial score (nSPS) is 19.9. The molecule has 2 fully saturated rings. The van der Waals surface area contributed by atoms with E-state index in [0.717, 1.165) is 24.0 Å². The Kier molecular flexibility index (Phi) is 7.83. The number of aromatic nitrogens is 1. The Bertz CT molecular complexity index is 1160. The molecule has 188 valence electrons. The largest absolute Gasteiger partial charge is 0.341 e. The third kappa shape index (κ3) is 6.06. The van der Waals surface area contributed by atoms with Crippen LogP contribution in [0.2, 0.25) is 0 Å². The van der Waals surface area contributed by atoms with Crippen LogP contribution < -0.4 is 5.32 Å². The van der Waals surface area contributed by atoms with E-state index in [1.165, 1.54) is 4.31 Å². The number of nitrogens with zero attached hydrogens (tertiary/aromatic N) is 4. The smallest absolute Gasteiger partial charge is 0.243 e. The highest BCUT2D eigenvalue weighted by molar-refractivity contribution is 7.89. The number of piperazine rings is 1. The maximum Gasteiger partial charge on any atom is 0.243 e. The molecule has 0 saturated carbocycles. The molecule has 1 N–H and O–H groups in total. The number of amides is 2. The summed E-state index contributed by atoms with van der Waals surface area (Å²) in [6, 6.07) is 10.6. The van der Waals surface area contributed by atoms with Gasteiger partial charge in [-0.05, 0) is 50.5 Å². The Morgan fingerprint density at radius 3 is 2.43 bits per heavy atom. The number of hydrogen-bond acceptors (Lipinski definition) is 6. The quantitative estimate of drug-likeness (QED) is 0.651. The van der Waals surface area contributed by atoms with E-state index in [1.54, 1.807) is 35.4 Å². The Morgan fingerprint density at radius 2 is 1.74 bits per heavy atom. The van der Waals surface area contributed by atoms with Gasteiger partial charge >= 0.3 is 0 Å². The summed E-state index contributed by atoms with van der Waals surface area (Å²) in [5.41, 5.74) is 1.91. The number of hydrogen-bond donors (Lipinski definition) is 1. The van der Waals surface area contributed by atoms with Gasteiger partial charge in [-0.15, -0.1) is 0 Å². The average molecular weight is 500 g/mol. The first kappa shape index (κ1) is 25.3. The lowest BCUT2D eigenvalue weighted by Crippen LogP contribution is -2.52. The molecule has 0 aliphatic carbocycles. The van der Waals surface area contributed by atoms with E-state index in [-0.39, 0.29) is 24.3 Å². The van der Waals surface area contributed by atoms with E-state index in [4.69, 9.17) is 0 Å². The lowest BCUT2D eigenvalue weighted by atomic mass is 9.97. The number of benzene rings is 1. The van der Waals surface area contributed by atoms with E-state index < -0.39 is 10.0 Å². The fourth-order valence-corrected chi connectivity index (χ4v) is 5.95. The summed E-state index contributed by atoms with van der Waals surface area (Å²) < 4.78 is 27.3. The van der Waals surface area contributed by atoms with Crippen molar-refractivity contribution in [3.05, 3.63) is 53.7 Å². The number of carbonyl (C=O) groups is 2. The molecule has 2 aliphatic heterocycles. The minimum Gasteiger partial charge on any atom is -0.341 e. The van der Waals surface area contributed by atoms with Crippen LogP contribution in [-0.4, -0.2) is 85.1 Å². The highest BCUT2D eigenvalue weighted by Gasteiger charge is 2.32. The standard InChI is InChI=1S/C25H33N5O4S/c1-19-7-9-22(10-8-19)35(33,34)30-15-13-28(14-16-30)18-23(31)29-12-4-6-21(17-29)25(32)27-24-20(2)5-3-11-26-24/h3,5,7-11,21H,4,6,12-18H2,1-2H3,(H,26,27,32). The summed E-state index contributed by atoms with van der Waals surface area (Å²) in [5.74, 6) is 0.149. The van der Waals surface area contributed by atoms with Crippen LogP contribution in [0.1, 0.15) is 24.0 Å². The molecule has 1 atom stereocenters. The maximum absolute atomic E-state index is 13.0. The first-order chi connectivity index (χ1) is 16.7. The van der Waals surface area contributed by atoms with E-state index in [0.29, 0.717) is 50.0 Å². The molecule has 2 aliphatic rings. The summed E-state index contributed by atoms with van der Waals surface area (Å²) in [6.07, 6.45) is 3.15. The van der Waals surface area contributed by atoms with Gasteiger partial charge in [0.25, 0.3) is 0 Å². The average Bonchev–Trinajstić information content (AvgIpc) is 2.86. The molecule has 35 heavy (non-hydrogen) atoms. The van der Waals surface area contributed by atoms with Gasteiger partial charge in [0, 0.05) is 45.5 Å². The van der Waals surface area contributed by atoms with Crippen molar-refractivity contribution in [1.82, 2.24) is 19.1 Å². The van der Waals surface area contributed by atoms with E-state index in [2.05, 4.69) is 10.3 Å². The molecule has 9 nitrogen and oxygen atoms in total. The van der Waals surface area contributed by atoms with Gasteiger partial charge in [0.15, 0.2) is 0 Å². The van der Waals surface area contributed by atoms with Crippen LogP contribution in [0.25, 0.3) is 0 Å². The topological polar surface area (TPSA) is 103 Å². The van der Waals surface area contributed by atoms with E-state index >= 15 is 0 Å². The van der Waals surface area contributed by atoms with Crippen LogP contribution in [0.3, 0.4) is 0 Å². The second kappa shape index (κ2) is 10.8. The van der Waals surface area contributed by atoms with Crippen molar-refractivity contribution in [3.8, 4) is 0 Å². The molecule has 4 rings (SSSR count). The summed E-state index contributed by atoms with van der Waals surface area (Å²) in [5, 5.41) is 2.90. The Hall–Kier alpha value is -2.82. The van der Waals surface area contributed by atoms with Gasteiger partial charge in [-0.3, -0.25) is 14.5 Å². The molecule has 10 heteroatoms. The number of carbonyl (C=O) groups excluding carboxylic acids is 2. The molecule has 1 aromatic heterocycles. The highest BCUT2D eigenvalue weighted by Crippen LogP contribution is 2.21. The second-order valence-electron chi connectivity index (χ2n) is 9.33. The van der Waals surface area contributed by atoms with Gasteiger partial charge in [0.2, 0.25) is 21.8 Å². The van der Waals surface area contributed by atoms with E-state index in [1.807, 2.05) is 30.9 Å². The van der Waals surface area contributed by atoms with Gasteiger partial charge in [-0.25, -0.2) is 13.4 Å². The molecule has 0 bridgehead atoms. The van der Waals surface area contributed by atoms with Crippen LogP contribution in [0, 0.1) is 19.8 Å². The van der Waals surface area contributed by atoms with Crippen molar-refractivity contribution < 1.29 is 18.0 Å². The number of aryl methyl sites for hydroxylation is 2. The number of nitrogens with one attached hydrogen (secondary N) is 1. The summed E-state index contributed by atoms with van der Waals surface area (Å²) in [6.45, 7) is 6.74. The Labute approximate surface area is 207 Å². The molecule has 2 saturated heterocycles. The van der Waals surface area contributed by atoms with Crippen LogP contribution in [0.15, 0.2) is 47.5 Å². The molecule has 2 amide bonds. The molecule has 3 heterocycles. The molecular formula is C25H33N5O4S. The van der Waals surface area contributed by atoms with Gasteiger partial charge in [-0.2, -0.15) is 4.31 Å². The Balaban J connectivity index is 1.28. The van der Waals surface area contributed by atoms with Gasteiger partial charge in [0.1, 0.15) is 5.82 Å². The minimum atomic E-state index is -3.54. The molecule has 0 spiro atoms. The summed E-state index contributed by atoms with van der Waals surface area (Å²) in [7, 11) is -3.54. The third-order valence-electron chi connectivity index (χ3n) is 6.74. The highest BCUT2D eigenvalue weighted by atomic mass is 32.2. The van der Waals surface area contributed by atoms with Crippen molar-refractivity contribution in [2.45, 2.75) is 31.6 Å². The summed E-state index contributed by atoms with van der Waals surface area (Å²) >= 11 is 0. The van der Waals surface area contributed by atoms with Gasteiger partial charge < -0.3 is 10.2 Å². The van der Waals surface area contributed by atoms with Crippen LogP contribution in [-0.2, 0) is 19.6 Å². The van der Waals surface area contributed by atoms with Crippen molar-refractivity contribution in [3.63, 3.8) is 0 Å². The van der Waals surface area contributed by atoms with Crippen molar-refractivity contribution in [1.29, 1.82) is 0 Å². The number of likely N-dealkylation sites (tertiary alicyclic amines) is 1. The first-order valence-corrected chi connectivity index (χ1v) is 13.5. The molecule has 1 unspecified atom stereocenters. The second-order valence-corrected chi connectivity index (χ2v) is 11.3. The molecule has 2 aromatic rings. The summed E-state index contributed by atoms with van der Waals surface area (Å²) in [4.78, 5) is 34.0. The lowest BCUT2D eigenvalue weighted by molar-refractivity contribution is -0.135. The lowest BCUT2D eigenvalue weighted by Gasteiger charge is -2.36.